The van der Waals surface area contributed by atoms with Crippen LogP contribution in [0, 0.1) is 12.7 Å². The van der Waals surface area contributed by atoms with Gasteiger partial charge in [0.2, 0.25) is 5.91 Å². The lowest BCUT2D eigenvalue weighted by Crippen LogP contribution is -2.32. The fourth-order valence-corrected chi connectivity index (χ4v) is 4.19. The normalized spacial score (nSPS) is 10.9. The summed E-state index contributed by atoms with van der Waals surface area (Å²) in [6.45, 7) is 1.82. The number of hydrogen-bond acceptors (Lipinski definition) is 4. The van der Waals surface area contributed by atoms with Gasteiger partial charge in [-0.3, -0.25) is 9.59 Å². The van der Waals surface area contributed by atoms with Crippen LogP contribution in [0.4, 0.5) is 10.1 Å². The van der Waals surface area contributed by atoms with E-state index in [0.29, 0.717) is 26.2 Å². The van der Waals surface area contributed by atoms with Gasteiger partial charge in [0.15, 0.2) is 0 Å². The summed E-state index contributed by atoms with van der Waals surface area (Å²) in [7, 11) is 1.49. The molecule has 0 saturated carbocycles. The second kappa shape index (κ2) is 8.81. The number of methoxy groups -OCH3 is 1. The molecule has 0 saturated heterocycles. The van der Waals surface area contributed by atoms with Crippen LogP contribution in [-0.2, 0) is 16.1 Å². The molecule has 2 aromatic carbocycles. The SMILES string of the molecule is COCc1c(C(=O)NCC(=O)Nc2ccc(Br)c(C)c2)sc2cccc(F)c12. The van der Waals surface area contributed by atoms with Crippen molar-refractivity contribution in [3.8, 4) is 0 Å². The highest BCUT2D eigenvalue weighted by Gasteiger charge is 2.21. The molecule has 0 atom stereocenters. The van der Waals surface area contributed by atoms with Crippen molar-refractivity contribution >= 4 is 54.9 Å². The van der Waals surface area contributed by atoms with Crippen molar-refractivity contribution in [2.45, 2.75) is 13.5 Å². The number of amides is 2. The predicted octanol–water partition coefficient (Wildman–Crippen LogP) is 4.63. The number of benzene rings is 2. The third kappa shape index (κ3) is 4.40. The van der Waals surface area contributed by atoms with Gasteiger partial charge in [-0.25, -0.2) is 4.39 Å². The summed E-state index contributed by atoms with van der Waals surface area (Å²) in [5, 5.41) is 5.72. The van der Waals surface area contributed by atoms with Crippen LogP contribution < -0.4 is 10.6 Å². The average Bonchev–Trinajstić information content (AvgIpc) is 3.03. The molecular weight excluding hydrogens is 447 g/mol. The predicted molar refractivity (Wildman–Crippen MR) is 112 cm³/mol. The van der Waals surface area contributed by atoms with E-state index in [-0.39, 0.29) is 19.1 Å². The maximum atomic E-state index is 14.2. The van der Waals surface area contributed by atoms with Crippen LogP contribution in [0.25, 0.3) is 10.1 Å². The third-order valence-electron chi connectivity index (χ3n) is 4.11. The van der Waals surface area contributed by atoms with Gasteiger partial charge in [0.05, 0.1) is 18.0 Å². The number of nitrogens with one attached hydrogen (secondary N) is 2. The summed E-state index contributed by atoms with van der Waals surface area (Å²) < 4.78 is 21.0. The van der Waals surface area contributed by atoms with Gasteiger partial charge in [-0.2, -0.15) is 0 Å². The van der Waals surface area contributed by atoms with E-state index in [1.165, 1.54) is 24.5 Å². The Morgan fingerprint density at radius 3 is 2.75 bits per heavy atom. The summed E-state index contributed by atoms with van der Waals surface area (Å²) in [6, 6.07) is 10.1. The molecule has 0 radical (unpaired) electrons. The van der Waals surface area contributed by atoms with Crippen molar-refractivity contribution in [2.75, 3.05) is 19.0 Å². The number of rotatable bonds is 6. The standard InChI is InChI=1S/C20H18BrFN2O3S/c1-11-8-12(6-7-14(11)21)24-17(25)9-23-20(26)19-13(10-27-2)18-15(22)4-3-5-16(18)28-19/h3-8H,9-10H2,1-2H3,(H,23,26)(H,24,25). The quantitative estimate of drug-likeness (QED) is 0.558. The Bertz CT molecular complexity index is 1050. The second-order valence-electron chi connectivity index (χ2n) is 6.15. The third-order valence-corrected chi connectivity index (χ3v) is 6.20. The highest BCUT2D eigenvalue weighted by atomic mass is 79.9. The fraction of sp³-hybridized carbons (Fsp3) is 0.200. The lowest BCUT2D eigenvalue weighted by atomic mass is 10.1. The highest BCUT2D eigenvalue weighted by Crippen LogP contribution is 2.33. The number of ether oxygens (including phenoxy) is 1. The van der Waals surface area contributed by atoms with Gasteiger partial charge < -0.3 is 15.4 Å². The molecule has 0 bridgehead atoms. The highest BCUT2D eigenvalue weighted by molar-refractivity contribution is 9.10. The van der Waals surface area contributed by atoms with Gasteiger partial charge in [-0.15, -0.1) is 11.3 Å². The monoisotopic (exact) mass is 464 g/mol. The molecule has 8 heteroatoms. The summed E-state index contributed by atoms with van der Waals surface area (Å²) in [5.41, 5.74) is 2.12. The molecule has 0 spiro atoms. The molecule has 1 aromatic heterocycles. The molecule has 3 aromatic rings. The summed E-state index contributed by atoms with van der Waals surface area (Å²) in [5.74, 6) is -1.19. The molecule has 0 unspecified atom stereocenters. The molecule has 5 nitrogen and oxygen atoms in total. The van der Waals surface area contributed by atoms with Crippen LogP contribution in [0.2, 0.25) is 0 Å². The maximum Gasteiger partial charge on any atom is 0.262 e. The number of hydrogen-bond donors (Lipinski definition) is 2. The van der Waals surface area contributed by atoms with Gasteiger partial charge in [0.25, 0.3) is 5.91 Å². The van der Waals surface area contributed by atoms with Crippen LogP contribution in [0.3, 0.4) is 0 Å². The van der Waals surface area contributed by atoms with Crippen molar-refractivity contribution in [3.63, 3.8) is 0 Å². The number of anilines is 1. The van der Waals surface area contributed by atoms with E-state index in [1.54, 1.807) is 18.2 Å². The van der Waals surface area contributed by atoms with Crippen LogP contribution in [0.15, 0.2) is 40.9 Å². The van der Waals surface area contributed by atoms with Crippen LogP contribution in [-0.4, -0.2) is 25.5 Å². The zero-order valence-electron chi connectivity index (χ0n) is 15.3. The van der Waals surface area contributed by atoms with Crippen molar-refractivity contribution in [1.29, 1.82) is 0 Å². The Morgan fingerprint density at radius 1 is 1.25 bits per heavy atom. The topological polar surface area (TPSA) is 67.4 Å². The van der Waals surface area contributed by atoms with Gasteiger partial charge in [0.1, 0.15) is 5.82 Å². The maximum absolute atomic E-state index is 14.2. The number of aryl methyl sites for hydroxylation is 1. The second-order valence-corrected chi connectivity index (χ2v) is 8.06. The zero-order valence-corrected chi connectivity index (χ0v) is 17.7. The van der Waals surface area contributed by atoms with E-state index in [0.717, 1.165) is 10.0 Å². The molecule has 0 aliphatic carbocycles. The molecule has 2 N–H and O–H groups in total. The Labute approximate surface area is 174 Å². The molecule has 0 fully saturated rings. The lowest BCUT2D eigenvalue weighted by Gasteiger charge is -2.09. The minimum absolute atomic E-state index is 0.105. The van der Waals surface area contributed by atoms with E-state index >= 15 is 0 Å². The molecule has 1 heterocycles. The summed E-state index contributed by atoms with van der Waals surface area (Å²) in [6.07, 6.45) is 0. The smallest absolute Gasteiger partial charge is 0.262 e. The Hall–Kier alpha value is -2.29. The van der Waals surface area contributed by atoms with E-state index in [1.807, 2.05) is 19.1 Å². The van der Waals surface area contributed by atoms with E-state index < -0.39 is 11.7 Å². The van der Waals surface area contributed by atoms with E-state index in [2.05, 4.69) is 26.6 Å². The van der Waals surface area contributed by atoms with Gasteiger partial charge in [-0.05, 0) is 42.8 Å². The minimum Gasteiger partial charge on any atom is -0.380 e. The Kier molecular flexibility index (Phi) is 6.43. The van der Waals surface area contributed by atoms with E-state index in [9.17, 15) is 14.0 Å². The molecular formula is C20H18BrFN2O3S. The average molecular weight is 465 g/mol. The minimum atomic E-state index is -0.435. The van der Waals surface area contributed by atoms with E-state index in [4.69, 9.17) is 4.74 Å². The van der Waals surface area contributed by atoms with Crippen LogP contribution >= 0.6 is 27.3 Å². The van der Waals surface area contributed by atoms with Crippen LogP contribution in [0.5, 0.6) is 0 Å². The van der Waals surface area contributed by atoms with Crippen molar-refractivity contribution in [3.05, 3.63) is 62.7 Å². The zero-order chi connectivity index (χ0) is 20.3. The van der Waals surface area contributed by atoms with Gasteiger partial charge in [0, 0.05) is 32.9 Å². The first-order chi connectivity index (χ1) is 13.4. The molecule has 3 rings (SSSR count). The lowest BCUT2D eigenvalue weighted by molar-refractivity contribution is -0.115. The first kappa shape index (κ1) is 20.4. The first-order valence-corrected chi connectivity index (χ1v) is 10.0. The largest absolute Gasteiger partial charge is 0.380 e. The molecule has 0 aliphatic rings. The fourth-order valence-electron chi connectivity index (χ4n) is 2.80. The number of carbonyl (C=O) groups is 2. The first-order valence-electron chi connectivity index (χ1n) is 8.43. The van der Waals surface area contributed by atoms with Crippen LogP contribution in [0.1, 0.15) is 20.8 Å². The number of halogens is 2. The molecule has 2 amide bonds. The number of thiophene rings is 1. The summed E-state index contributed by atoms with van der Waals surface area (Å²) >= 11 is 4.58. The Balaban J connectivity index is 1.72. The molecule has 0 aliphatic heterocycles. The summed E-state index contributed by atoms with van der Waals surface area (Å²) in [4.78, 5) is 25.1. The number of carbonyl (C=O) groups excluding carboxylic acids is 2. The van der Waals surface area contributed by atoms with Crippen molar-refractivity contribution in [1.82, 2.24) is 5.32 Å². The van der Waals surface area contributed by atoms with Crippen molar-refractivity contribution in [2.24, 2.45) is 0 Å². The van der Waals surface area contributed by atoms with Gasteiger partial charge >= 0.3 is 0 Å². The number of fused-ring (bicyclic) bond motifs is 1. The van der Waals surface area contributed by atoms with Gasteiger partial charge in [-0.1, -0.05) is 22.0 Å². The molecule has 146 valence electrons. The van der Waals surface area contributed by atoms with Crippen molar-refractivity contribution < 1.29 is 18.7 Å². The molecule has 28 heavy (non-hydrogen) atoms. The Morgan fingerprint density at radius 2 is 2.04 bits per heavy atom.